The summed E-state index contributed by atoms with van der Waals surface area (Å²) in [6.07, 6.45) is -8.96. The van der Waals surface area contributed by atoms with Crippen molar-refractivity contribution in [3.8, 4) is 0 Å². The Kier molecular flexibility index (Phi) is 6.47. The van der Waals surface area contributed by atoms with Gasteiger partial charge in [-0.2, -0.15) is 26.3 Å². The van der Waals surface area contributed by atoms with E-state index in [9.17, 15) is 31.1 Å². The zero-order valence-electron chi connectivity index (χ0n) is 15.9. The van der Waals surface area contributed by atoms with Crippen molar-refractivity contribution in [2.75, 3.05) is 6.26 Å². The SMILES string of the molecule is CSc1ncc(Br)c(CN2C(=O)OC(c3cc(C(F)(F)F)cc(C(F)(F)F)c3)[C@@H]2C)n1. The number of alkyl halides is 6. The molecule has 0 N–H and O–H groups in total. The summed E-state index contributed by atoms with van der Waals surface area (Å²) >= 11 is 4.53. The Hall–Kier alpha value is -2.02. The molecule has 0 aliphatic carbocycles. The maximum Gasteiger partial charge on any atom is 0.416 e. The molecule has 1 amide bonds. The number of carbonyl (C=O) groups is 1. The van der Waals surface area contributed by atoms with Gasteiger partial charge in [0.05, 0.1) is 33.9 Å². The molecule has 3 rings (SSSR count). The number of cyclic esters (lactones) is 1. The van der Waals surface area contributed by atoms with Crippen LogP contribution in [0.25, 0.3) is 0 Å². The number of halogens is 7. The van der Waals surface area contributed by atoms with E-state index in [4.69, 9.17) is 4.74 Å². The molecule has 0 spiro atoms. The number of hydrogen-bond donors (Lipinski definition) is 0. The van der Waals surface area contributed by atoms with E-state index in [1.807, 2.05) is 0 Å². The van der Waals surface area contributed by atoms with Crippen molar-refractivity contribution in [1.29, 1.82) is 0 Å². The van der Waals surface area contributed by atoms with Gasteiger partial charge >= 0.3 is 18.4 Å². The number of benzene rings is 1. The van der Waals surface area contributed by atoms with E-state index in [2.05, 4.69) is 25.9 Å². The lowest BCUT2D eigenvalue weighted by molar-refractivity contribution is -0.143. The molecule has 168 valence electrons. The summed E-state index contributed by atoms with van der Waals surface area (Å²) in [5.41, 5.74) is -2.91. The van der Waals surface area contributed by atoms with Crippen LogP contribution in [0.15, 0.2) is 34.0 Å². The average Bonchev–Trinajstić information content (AvgIpc) is 2.96. The van der Waals surface area contributed by atoms with Crippen LogP contribution in [0.5, 0.6) is 0 Å². The van der Waals surface area contributed by atoms with Gasteiger partial charge < -0.3 is 4.74 Å². The van der Waals surface area contributed by atoms with Gasteiger partial charge in [-0.05, 0) is 52.9 Å². The normalized spacial score (nSPS) is 19.6. The van der Waals surface area contributed by atoms with Gasteiger partial charge in [-0.3, -0.25) is 4.90 Å². The van der Waals surface area contributed by atoms with Gasteiger partial charge in [-0.1, -0.05) is 11.8 Å². The molecule has 1 fully saturated rings. The van der Waals surface area contributed by atoms with Gasteiger partial charge in [0.15, 0.2) is 5.16 Å². The Labute approximate surface area is 185 Å². The van der Waals surface area contributed by atoms with Crippen molar-refractivity contribution in [2.45, 2.75) is 43.1 Å². The fourth-order valence-electron chi connectivity index (χ4n) is 3.06. The maximum absolute atomic E-state index is 13.2. The van der Waals surface area contributed by atoms with Gasteiger partial charge in [0.1, 0.15) is 6.10 Å². The molecule has 2 atom stereocenters. The summed E-state index contributed by atoms with van der Waals surface area (Å²) in [6.45, 7) is 1.41. The second kappa shape index (κ2) is 8.49. The first-order chi connectivity index (χ1) is 14.3. The third-order valence-electron chi connectivity index (χ3n) is 4.63. The topological polar surface area (TPSA) is 55.3 Å². The fraction of sp³-hybridized carbons (Fsp3) is 0.389. The van der Waals surface area contributed by atoms with Crippen LogP contribution in [0.2, 0.25) is 0 Å². The number of nitrogens with zero attached hydrogens (tertiary/aromatic N) is 3. The van der Waals surface area contributed by atoms with E-state index in [1.54, 1.807) is 6.26 Å². The van der Waals surface area contributed by atoms with Gasteiger partial charge in [-0.15, -0.1) is 0 Å². The van der Waals surface area contributed by atoms with E-state index < -0.39 is 47.3 Å². The molecule has 5 nitrogen and oxygen atoms in total. The zero-order chi connectivity index (χ0) is 23.1. The summed E-state index contributed by atoms with van der Waals surface area (Å²) in [5.74, 6) is 0. The van der Waals surface area contributed by atoms with Gasteiger partial charge in [0, 0.05) is 6.20 Å². The summed E-state index contributed by atoms with van der Waals surface area (Å²) in [5, 5.41) is 0.433. The quantitative estimate of drug-likeness (QED) is 0.273. The highest BCUT2D eigenvalue weighted by atomic mass is 79.9. The van der Waals surface area contributed by atoms with Crippen molar-refractivity contribution in [3.63, 3.8) is 0 Å². The summed E-state index contributed by atoms with van der Waals surface area (Å²) in [7, 11) is 0. The molecule has 1 saturated heterocycles. The van der Waals surface area contributed by atoms with E-state index in [-0.39, 0.29) is 12.6 Å². The molecule has 1 aliphatic heterocycles. The third-order valence-corrected chi connectivity index (χ3v) is 5.85. The van der Waals surface area contributed by atoms with Crippen LogP contribution in [0, 0.1) is 0 Å². The van der Waals surface area contributed by atoms with Crippen LogP contribution in [-0.2, 0) is 23.6 Å². The number of ether oxygens (including phenoxy) is 1. The van der Waals surface area contributed by atoms with Gasteiger partial charge in [0.2, 0.25) is 0 Å². The van der Waals surface area contributed by atoms with Crippen molar-refractivity contribution < 1.29 is 35.9 Å². The fourth-order valence-corrected chi connectivity index (χ4v) is 3.73. The van der Waals surface area contributed by atoms with Gasteiger partial charge in [-0.25, -0.2) is 14.8 Å². The minimum absolute atomic E-state index is 0.0324. The van der Waals surface area contributed by atoms with Gasteiger partial charge in [0.25, 0.3) is 0 Å². The Morgan fingerprint density at radius 2 is 1.71 bits per heavy atom. The van der Waals surface area contributed by atoms with Crippen LogP contribution in [0.1, 0.15) is 35.4 Å². The monoisotopic (exact) mass is 529 g/mol. The molecule has 1 aromatic heterocycles. The molecular weight excluding hydrogens is 516 g/mol. The predicted molar refractivity (Wildman–Crippen MR) is 102 cm³/mol. The lowest BCUT2D eigenvalue weighted by Gasteiger charge is -2.22. The van der Waals surface area contributed by atoms with Crippen molar-refractivity contribution in [1.82, 2.24) is 14.9 Å². The zero-order valence-corrected chi connectivity index (χ0v) is 18.3. The molecule has 0 saturated carbocycles. The Bertz CT molecular complexity index is 969. The molecular formula is C18H14BrF6N3O2S. The van der Waals surface area contributed by atoms with Crippen molar-refractivity contribution >= 4 is 33.8 Å². The Morgan fingerprint density at radius 1 is 1.13 bits per heavy atom. The Balaban J connectivity index is 1.96. The van der Waals surface area contributed by atoms with E-state index in [0.717, 1.165) is 0 Å². The molecule has 1 unspecified atom stereocenters. The van der Waals surface area contributed by atoms with Crippen LogP contribution in [0.3, 0.4) is 0 Å². The first-order valence-corrected chi connectivity index (χ1v) is 10.6. The highest BCUT2D eigenvalue weighted by Gasteiger charge is 2.43. The molecule has 13 heteroatoms. The molecule has 31 heavy (non-hydrogen) atoms. The highest BCUT2D eigenvalue weighted by molar-refractivity contribution is 9.10. The summed E-state index contributed by atoms with van der Waals surface area (Å²) in [6, 6.07) is 0.320. The number of aromatic nitrogens is 2. The van der Waals surface area contributed by atoms with Crippen LogP contribution < -0.4 is 0 Å². The van der Waals surface area contributed by atoms with Crippen LogP contribution >= 0.6 is 27.7 Å². The molecule has 0 radical (unpaired) electrons. The van der Waals surface area contributed by atoms with Crippen LogP contribution in [0.4, 0.5) is 31.1 Å². The maximum atomic E-state index is 13.2. The standard InChI is InChI=1S/C18H14BrF6N3O2S/c1-8-14(9-3-10(17(20,21)22)5-11(4-9)18(23,24)25)30-16(29)28(8)7-13-12(19)6-26-15(27-13)31-2/h3-6,8,14H,7H2,1-2H3/t8-,14?/m0/s1. The molecule has 2 heterocycles. The number of thioether (sulfide) groups is 1. The lowest BCUT2D eigenvalue weighted by atomic mass is 9.97. The third kappa shape index (κ3) is 5.08. The molecule has 1 aliphatic rings. The molecule has 2 aromatic rings. The minimum atomic E-state index is -5.00. The van der Waals surface area contributed by atoms with E-state index in [0.29, 0.717) is 27.5 Å². The largest absolute Gasteiger partial charge is 0.439 e. The number of rotatable bonds is 4. The number of carbonyl (C=O) groups excluding carboxylic acids is 1. The first kappa shape index (κ1) is 23.6. The number of hydrogen-bond acceptors (Lipinski definition) is 5. The van der Waals surface area contributed by atoms with Crippen molar-refractivity contribution in [2.24, 2.45) is 0 Å². The van der Waals surface area contributed by atoms with E-state index in [1.165, 1.54) is 29.8 Å². The summed E-state index contributed by atoms with van der Waals surface area (Å²) < 4.78 is 84.7. The highest BCUT2D eigenvalue weighted by Crippen LogP contribution is 2.41. The van der Waals surface area contributed by atoms with Crippen LogP contribution in [-0.4, -0.2) is 33.3 Å². The first-order valence-electron chi connectivity index (χ1n) is 8.63. The lowest BCUT2D eigenvalue weighted by Crippen LogP contribution is -2.32. The number of amides is 1. The summed E-state index contributed by atoms with van der Waals surface area (Å²) in [4.78, 5) is 21.9. The van der Waals surface area contributed by atoms with E-state index >= 15 is 0 Å². The van der Waals surface area contributed by atoms with Crippen molar-refractivity contribution in [3.05, 3.63) is 51.3 Å². The Morgan fingerprint density at radius 3 is 2.23 bits per heavy atom. The smallest absolute Gasteiger partial charge is 0.416 e. The minimum Gasteiger partial charge on any atom is -0.439 e. The second-order valence-corrected chi connectivity index (χ2v) is 8.29. The second-order valence-electron chi connectivity index (χ2n) is 6.66. The molecule has 1 aromatic carbocycles. The molecule has 0 bridgehead atoms. The average molecular weight is 530 g/mol. The predicted octanol–water partition coefficient (Wildman–Crippen LogP) is 6.08.